The van der Waals surface area contributed by atoms with Crippen molar-refractivity contribution in [2.75, 3.05) is 67.4 Å². The summed E-state index contributed by atoms with van der Waals surface area (Å²) in [7, 11) is 8.58. The van der Waals surface area contributed by atoms with E-state index in [2.05, 4.69) is 650 Å². The summed E-state index contributed by atoms with van der Waals surface area (Å²) in [6, 6.07) is 206. The molecule has 23 aromatic rings. The first-order chi connectivity index (χ1) is 70.2. The molecule has 0 aliphatic rings. The van der Waals surface area contributed by atoms with Crippen LogP contribution in [0.3, 0.4) is 0 Å². The van der Waals surface area contributed by atoms with E-state index in [0.717, 1.165) is 73.9 Å². The van der Waals surface area contributed by atoms with E-state index < -0.39 is 0 Å². The molecular weight excluding hydrogens is 1720 g/mol. The first-order valence-corrected chi connectivity index (χ1v) is 48.4. The predicted molar refractivity (Wildman–Crippen MR) is 609 cm³/mol. The van der Waals surface area contributed by atoms with Gasteiger partial charge in [0.05, 0.1) is 22.7 Å². The van der Waals surface area contributed by atoms with Crippen molar-refractivity contribution >= 4 is 157 Å². The van der Waals surface area contributed by atoms with Crippen LogP contribution < -0.4 is 39.2 Å². The summed E-state index contributed by atoms with van der Waals surface area (Å²) in [4.78, 5) is 18.5. The highest BCUT2D eigenvalue weighted by Crippen LogP contribution is 2.50. The molecule has 0 aliphatic heterocycles. The molecule has 0 radical (unpaired) electrons. The van der Waals surface area contributed by atoms with Gasteiger partial charge in [0.15, 0.2) is 0 Å². The van der Waals surface area contributed by atoms with Gasteiger partial charge in [-0.25, -0.2) is 0 Å². The second-order valence-corrected chi connectivity index (χ2v) is 34.9. The van der Waals surface area contributed by atoms with E-state index in [1.807, 2.05) is 0 Å². The van der Waals surface area contributed by atoms with Crippen LogP contribution in [0.25, 0.3) is 76.5 Å². The minimum Gasteiger partial charge on any atom is -0.344 e. The first-order valence-electron chi connectivity index (χ1n) is 48.4. The Morgan fingerprint density at radius 1 is 0.106 bits per heavy atom. The van der Waals surface area contributed by atoms with Gasteiger partial charge in [-0.3, -0.25) is 0 Å². The molecule has 0 aromatic heterocycles. The number of anilines is 20. The predicted octanol–water partition coefficient (Wildman–Crippen LogP) is 37.3. The fourth-order valence-electron chi connectivity index (χ4n) is 19.2. The van der Waals surface area contributed by atoms with Crippen LogP contribution in [0.15, 0.2) is 582 Å². The molecule has 0 aliphatic carbocycles. The van der Waals surface area contributed by atoms with Crippen LogP contribution in [0.2, 0.25) is 0 Å². The molecule has 0 bridgehead atoms. The Kier molecular flexibility index (Phi) is 28.1. The summed E-state index contributed by atoms with van der Waals surface area (Å²) < 4.78 is 0. The molecule has 0 N–H and O–H groups in total. The molecule has 8 nitrogen and oxygen atoms in total. The van der Waals surface area contributed by atoms with Crippen LogP contribution in [0, 0.1) is 0 Å². The number of fused-ring (bicyclic) bond motifs is 4. The van der Waals surface area contributed by atoms with Gasteiger partial charge >= 0.3 is 0 Å². The zero-order valence-electron chi connectivity index (χ0n) is 80.0. The zero-order valence-corrected chi connectivity index (χ0v) is 80.0. The van der Waals surface area contributed by atoms with E-state index in [1.165, 1.54) is 116 Å². The first kappa shape index (κ1) is 91.3. The Morgan fingerprint density at radius 2 is 0.289 bits per heavy atom. The van der Waals surface area contributed by atoms with Gasteiger partial charge in [0, 0.05) is 168 Å². The zero-order chi connectivity index (χ0) is 96.1. The number of rotatable bonds is 23. The van der Waals surface area contributed by atoms with E-state index in [0.29, 0.717) is 0 Å². The summed E-state index contributed by atoms with van der Waals surface area (Å²) in [6.07, 6.45) is 0. The van der Waals surface area contributed by atoms with Gasteiger partial charge < -0.3 is 39.2 Å². The molecule has 23 rings (SSSR count). The second-order valence-electron chi connectivity index (χ2n) is 34.9. The minimum absolute atomic E-state index is 1.13. The molecule has 0 unspecified atom stereocenters. The monoisotopic (exact) mass is 1830 g/mol. The Hall–Kier alpha value is -18.5. The lowest BCUT2D eigenvalue weighted by Crippen LogP contribution is -2.13. The molecule has 0 heterocycles. The molecule has 142 heavy (non-hydrogen) atoms. The van der Waals surface area contributed by atoms with Crippen LogP contribution in [-0.4, -0.2) is 28.2 Å². The summed E-state index contributed by atoms with van der Waals surface area (Å²) in [5.74, 6) is 0. The SMILES string of the molecule is CN(c1ccc(-c2ccccc2)cc1)c1ccc(N(c2ccccc2)c2ccccc2)c2ccccc12.CN(c1cccc(-c2ccccc2)c1)c1ccc(N(c2ccccc2)c2ccccc2)c2ccccc12.CN(c1ccccc1)c1ccc(N(c2ccccc2)c2ccccc2)c2ccccc12.CN(c1ccccc1-c1ccccc1)c1ccc(N(c2ccccc2)c2ccccc2)c2ccccc12. The third-order valence-electron chi connectivity index (χ3n) is 26.2. The van der Waals surface area contributed by atoms with Gasteiger partial charge in [-0.2, -0.15) is 0 Å². The van der Waals surface area contributed by atoms with Crippen molar-refractivity contribution in [2.45, 2.75) is 0 Å². The quantitative estimate of drug-likeness (QED) is 0.0625. The highest BCUT2D eigenvalue weighted by Gasteiger charge is 2.25. The lowest BCUT2D eigenvalue weighted by molar-refractivity contribution is 1.22. The lowest BCUT2D eigenvalue weighted by atomic mass is 10.0. The van der Waals surface area contributed by atoms with E-state index >= 15 is 0 Å². The fraction of sp³-hybridized carbons (Fsp3) is 0.0299. The molecule has 0 saturated heterocycles. The average Bonchev–Trinajstić information content (AvgIpc) is 0.778. The number of para-hydroxylation sites is 10. The summed E-state index contributed by atoms with van der Waals surface area (Å²) in [5.41, 5.74) is 30.4. The van der Waals surface area contributed by atoms with Crippen molar-refractivity contribution in [2.24, 2.45) is 0 Å². The maximum Gasteiger partial charge on any atom is 0.0541 e. The maximum atomic E-state index is 2.34. The average molecular weight is 1830 g/mol. The molecular formula is C134H108N8. The Balaban J connectivity index is 0.000000116. The molecule has 0 fully saturated rings. The molecule has 0 amide bonds. The Bertz CT molecular complexity index is 7910. The number of nitrogens with zero attached hydrogens (tertiary/aromatic N) is 8. The number of hydrogen-bond acceptors (Lipinski definition) is 8. The molecule has 0 atom stereocenters. The van der Waals surface area contributed by atoms with Crippen LogP contribution in [0.1, 0.15) is 0 Å². The summed E-state index contributed by atoms with van der Waals surface area (Å²) in [6.45, 7) is 0. The molecule has 8 heteroatoms. The molecule has 23 aromatic carbocycles. The van der Waals surface area contributed by atoms with Crippen molar-refractivity contribution in [3.8, 4) is 33.4 Å². The minimum atomic E-state index is 1.13. The van der Waals surface area contributed by atoms with Crippen molar-refractivity contribution in [1.29, 1.82) is 0 Å². The van der Waals surface area contributed by atoms with Gasteiger partial charge in [-0.1, -0.05) is 394 Å². The van der Waals surface area contributed by atoms with Crippen LogP contribution >= 0.6 is 0 Å². The van der Waals surface area contributed by atoms with Crippen molar-refractivity contribution in [3.05, 3.63) is 582 Å². The third-order valence-corrected chi connectivity index (χ3v) is 26.2. The second kappa shape index (κ2) is 43.7. The van der Waals surface area contributed by atoms with Gasteiger partial charge in [0.2, 0.25) is 0 Å². The van der Waals surface area contributed by atoms with E-state index in [4.69, 9.17) is 0 Å². The Morgan fingerprint density at radius 3 is 0.577 bits per heavy atom. The van der Waals surface area contributed by atoms with Gasteiger partial charge in [-0.05, 0) is 216 Å². The normalized spacial score (nSPS) is 10.8. The largest absolute Gasteiger partial charge is 0.344 e. The standard InChI is InChI=1S/3C35H28N2.C29H24N2/c1-36(33-24-14-13-21-30(33)27-15-5-2-6-16-27)34-25-26-35(32-23-12-11-22-31(32)34)37(28-17-7-3-8-18-28)29-19-9-4-10-20-29;1-36(31-21-13-16-28(26-31)27-14-5-2-6-15-27)34-24-25-35(33-23-12-11-22-32(33)34)37(29-17-7-3-8-18-29)30-19-9-4-10-20-30;1-36(29-23-21-28(22-24-29)27-13-5-2-6-14-27)34-25-26-35(33-20-12-11-19-32(33)34)37(30-15-7-3-8-16-30)31-17-9-4-10-18-31;1-30(23-13-5-2-6-14-23)28-21-22-29(27-20-12-11-19-26(27)28)31(24-15-7-3-8-16-24)25-17-9-4-10-18-25/h3*2-26H,1H3;2-22H,1H3. The van der Waals surface area contributed by atoms with E-state index in [-0.39, 0.29) is 0 Å². The fourth-order valence-corrected chi connectivity index (χ4v) is 19.2. The smallest absolute Gasteiger partial charge is 0.0541 e. The van der Waals surface area contributed by atoms with Crippen LogP contribution in [-0.2, 0) is 0 Å². The van der Waals surface area contributed by atoms with E-state index in [9.17, 15) is 0 Å². The topological polar surface area (TPSA) is 25.9 Å². The summed E-state index contributed by atoms with van der Waals surface area (Å²) >= 11 is 0. The molecule has 684 valence electrons. The number of benzene rings is 23. The van der Waals surface area contributed by atoms with Crippen LogP contribution in [0.5, 0.6) is 0 Å². The Labute approximate surface area is 834 Å². The molecule has 0 spiro atoms. The van der Waals surface area contributed by atoms with Gasteiger partial charge in [0.1, 0.15) is 0 Å². The van der Waals surface area contributed by atoms with Crippen LogP contribution in [0.4, 0.5) is 114 Å². The third kappa shape index (κ3) is 20.1. The highest BCUT2D eigenvalue weighted by molar-refractivity contribution is 6.11. The van der Waals surface area contributed by atoms with Gasteiger partial charge in [-0.15, -0.1) is 0 Å². The summed E-state index contributed by atoms with van der Waals surface area (Å²) in [5, 5.41) is 9.70. The lowest BCUT2D eigenvalue weighted by Gasteiger charge is -2.29. The van der Waals surface area contributed by atoms with Crippen molar-refractivity contribution in [1.82, 2.24) is 0 Å². The highest BCUT2D eigenvalue weighted by atomic mass is 15.2. The number of hydrogen-bond donors (Lipinski definition) is 0. The van der Waals surface area contributed by atoms with E-state index in [1.54, 1.807) is 0 Å². The molecule has 0 saturated carbocycles. The van der Waals surface area contributed by atoms with Crippen molar-refractivity contribution in [3.63, 3.8) is 0 Å². The van der Waals surface area contributed by atoms with Gasteiger partial charge in [0.25, 0.3) is 0 Å². The maximum absolute atomic E-state index is 2.34. The van der Waals surface area contributed by atoms with Crippen molar-refractivity contribution < 1.29 is 0 Å².